The van der Waals surface area contributed by atoms with Crippen molar-refractivity contribution in [1.82, 2.24) is 9.72 Å². The number of nitrogens with zero attached hydrogens (tertiary/aromatic N) is 3. The SMILES string of the molecule is Cc1cc(-n2c(C)cc(/C=C(\C#N)C(=O)Nc3ccc(C)c(C)c3)c2C)no1. The molecular formula is C22H22N4O2. The molecule has 28 heavy (non-hydrogen) atoms. The van der Waals surface area contributed by atoms with Gasteiger partial charge in [-0.05, 0) is 75.6 Å². The van der Waals surface area contributed by atoms with Crippen LogP contribution < -0.4 is 5.32 Å². The number of aromatic nitrogens is 2. The minimum absolute atomic E-state index is 0.0369. The molecule has 0 aliphatic heterocycles. The lowest BCUT2D eigenvalue weighted by Gasteiger charge is -2.07. The van der Waals surface area contributed by atoms with Crippen LogP contribution in [0.25, 0.3) is 11.9 Å². The second-order valence-corrected chi connectivity index (χ2v) is 6.88. The molecule has 0 saturated carbocycles. The van der Waals surface area contributed by atoms with E-state index in [2.05, 4.69) is 10.5 Å². The Labute approximate surface area is 164 Å². The van der Waals surface area contributed by atoms with Crippen molar-refractivity contribution in [3.63, 3.8) is 0 Å². The van der Waals surface area contributed by atoms with Gasteiger partial charge in [0.15, 0.2) is 5.82 Å². The van der Waals surface area contributed by atoms with Gasteiger partial charge in [-0.25, -0.2) is 0 Å². The highest BCUT2D eigenvalue weighted by Crippen LogP contribution is 2.23. The fourth-order valence-electron chi connectivity index (χ4n) is 3.07. The Morgan fingerprint density at radius 2 is 1.89 bits per heavy atom. The van der Waals surface area contributed by atoms with Gasteiger partial charge in [0.1, 0.15) is 17.4 Å². The van der Waals surface area contributed by atoms with Crippen LogP contribution in [0.2, 0.25) is 0 Å². The number of benzene rings is 1. The van der Waals surface area contributed by atoms with E-state index in [1.54, 1.807) is 6.08 Å². The highest BCUT2D eigenvalue weighted by molar-refractivity contribution is 6.09. The summed E-state index contributed by atoms with van der Waals surface area (Å²) in [5.41, 5.74) is 5.51. The average Bonchev–Trinajstić information content (AvgIpc) is 3.18. The first-order valence-electron chi connectivity index (χ1n) is 8.93. The van der Waals surface area contributed by atoms with E-state index in [1.165, 1.54) is 0 Å². The standard InChI is InChI=1S/C22H22N4O2/c1-13-6-7-20(8-14(13)2)24-22(27)19(12-23)11-18-9-15(3)26(17(18)5)21-10-16(4)28-25-21/h6-11H,1-5H3,(H,24,27)/b19-11+. The molecule has 1 aromatic carbocycles. The van der Waals surface area contributed by atoms with Gasteiger partial charge in [0.2, 0.25) is 0 Å². The van der Waals surface area contributed by atoms with Crippen LogP contribution in [-0.2, 0) is 4.79 Å². The van der Waals surface area contributed by atoms with Crippen LogP contribution in [0, 0.1) is 45.9 Å². The van der Waals surface area contributed by atoms with Crippen LogP contribution in [0.4, 0.5) is 5.69 Å². The summed E-state index contributed by atoms with van der Waals surface area (Å²) in [5, 5.41) is 16.4. The summed E-state index contributed by atoms with van der Waals surface area (Å²) in [7, 11) is 0. The lowest BCUT2D eigenvalue weighted by Crippen LogP contribution is -2.13. The Balaban J connectivity index is 1.91. The topological polar surface area (TPSA) is 83.9 Å². The molecule has 3 rings (SSSR count). The van der Waals surface area contributed by atoms with Crippen molar-refractivity contribution in [3.8, 4) is 11.9 Å². The molecule has 0 aliphatic carbocycles. The highest BCUT2D eigenvalue weighted by Gasteiger charge is 2.15. The van der Waals surface area contributed by atoms with Gasteiger partial charge in [0.25, 0.3) is 5.91 Å². The van der Waals surface area contributed by atoms with Gasteiger partial charge in [0.05, 0.1) is 0 Å². The maximum Gasteiger partial charge on any atom is 0.266 e. The Kier molecular flexibility index (Phi) is 5.18. The quantitative estimate of drug-likeness (QED) is 0.536. The van der Waals surface area contributed by atoms with Crippen molar-refractivity contribution >= 4 is 17.7 Å². The van der Waals surface area contributed by atoms with Gasteiger partial charge >= 0.3 is 0 Å². The number of amides is 1. The van der Waals surface area contributed by atoms with Crippen LogP contribution in [0.5, 0.6) is 0 Å². The second-order valence-electron chi connectivity index (χ2n) is 6.88. The van der Waals surface area contributed by atoms with Crippen LogP contribution in [0.3, 0.4) is 0 Å². The third kappa shape index (κ3) is 3.74. The minimum atomic E-state index is -0.437. The lowest BCUT2D eigenvalue weighted by molar-refractivity contribution is -0.112. The molecule has 0 bridgehead atoms. The molecule has 3 aromatic rings. The van der Waals surface area contributed by atoms with Gasteiger partial charge in [-0.2, -0.15) is 5.26 Å². The van der Waals surface area contributed by atoms with Crippen LogP contribution in [-0.4, -0.2) is 15.6 Å². The van der Waals surface area contributed by atoms with Crippen molar-refractivity contribution in [3.05, 3.63) is 69.7 Å². The Morgan fingerprint density at radius 3 is 2.50 bits per heavy atom. The zero-order valence-electron chi connectivity index (χ0n) is 16.6. The zero-order chi connectivity index (χ0) is 20.4. The molecule has 1 amide bonds. The van der Waals surface area contributed by atoms with Gasteiger partial charge in [-0.15, -0.1) is 0 Å². The Hall–Kier alpha value is -3.59. The summed E-state index contributed by atoms with van der Waals surface area (Å²) < 4.78 is 7.09. The Morgan fingerprint density at radius 1 is 1.14 bits per heavy atom. The smallest absolute Gasteiger partial charge is 0.266 e. The molecule has 6 nitrogen and oxygen atoms in total. The summed E-state index contributed by atoms with van der Waals surface area (Å²) in [4.78, 5) is 12.6. The maximum absolute atomic E-state index is 12.6. The molecule has 0 radical (unpaired) electrons. The molecule has 0 unspecified atom stereocenters. The molecule has 2 heterocycles. The van der Waals surface area contributed by atoms with E-state index >= 15 is 0 Å². The summed E-state index contributed by atoms with van der Waals surface area (Å²) in [6.07, 6.45) is 1.60. The molecule has 0 saturated heterocycles. The third-order valence-electron chi connectivity index (χ3n) is 4.74. The van der Waals surface area contributed by atoms with E-state index in [-0.39, 0.29) is 5.57 Å². The second kappa shape index (κ2) is 7.57. The largest absolute Gasteiger partial charge is 0.360 e. The minimum Gasteiger partial charge on any atom is -0.360 e. The van der Waals surface area contributed by atoms with Crippen molar-refractivity contribution < 1.29 is 9.32 Å². The van der Waals surface area contributed by atoms with Crippen LogP contribution in [0.15, 0.2) is 40.4 Å². The fraction of sp³-hybridized carbons (Fsp3) is 0.227. The van der Waals surface area contributed by atoms with Gasteiger partial charge in [-0.3, -0.25) is 9.36 Å². The molecule has 0 aliphatic rings. The molecule has 142 valence electrons. The van der Waals surface area contributed by atoms with Gasteiger partial charge < -0.3 is 9.84 Å². The van der Waals surface area contributed by atoms with E-state index < -0.39 is 5.91 Å². The fourth-order valence-corrected chi connectivity index (χ4v) is 3.07. The predicted molar refractivity (Wildman–Crippen MR) is 108 cm³/mol. The molecule has 1 N–H and O–H groups in total. The molecule has 0 atom stereocenters. The maximum atomic E-state index is 12.6. The van der Waals surface area contributed by atoms with Gasteiger partial charge in [0, 0.05) is 23.1 Å². The number of carbonyl (C=O) groups excluding carboxylic acids is 1. The monoisotopic (exact) mass is 374 g/mol. The average molecular weight is 374 g/mol. The third-order valence-corrected chi connectivity index (χ3v) is 4.74. The molecule has 2 aromatic heterocycles. The van der Waals surface area contributed by atoms with Crippen LogP contribution >= 0.6 is 0 Å². The lowest BCUT2D eigenvalue weighted by atomic mass is 10.1. The summed E-state index contributed by atoms with van der Waals surface area (Å²) in [6.45, 7) is 9.67. The molecule has 0 fully saturated rings. The van der Waals surface area contributed by atoms with Crippen molar-refractivity contribution in [2.45, 2.75) is 34.6 Å². The first kappa shape index (κ1) is 19.2. The number of nitrogens with one attached hydrogen (secondary N) is 1. The van der Waals surface area contributed by atoms with E-state index in [0.29, 0.717) is 17.3 Å². The summed E-state index contributed by atoms with van der Waals surface area (Å²) >= 11 is 0. The first-order valence-corrected chi connectivity index (χ1v) is 8.93. The number of anilines is 1. The number of aryl methyl sites for hydroxylation is 4. The number of hydrogen-bond acceptors (Lipinski definition) is 4. The van der Waals surface area contributed by atoms with Crippen molar-refractivity contribution in [2.75, 3.05) is 5.32 Å². The molecular weight excluding hydrogens is 352 g/mol. The molecule has 6 heteroatoms. The number of nitriles is 1. The van der Waals surface area contributed by atoms with E-state index in [4.69, 9.17) is 4.52 Å². The molecule has 0 spiro atoms. The number of carbonyl (C=O) groups is 1. The van der Waals surface area contributed by atoms with E-state index in [9.17, 15) is 10.1 Å². The number of rotatable bonds is 4. The van der Waals surface area contributed by atoms with Crippen molar-refractivity contribution in [2.24, 2.45) is 0 Å². The Bertz CT molecular complexity index is 1130. The normalized spacial score (nSPS) is 11.4. The van der Waals surface area contributed by atoms with Gasteiger partial charge in [-0.1, -0.05) is 11.2 Å². The zero-order valence-corrected chi connectivity index (χ0v) is 16.6. The number of hydrogen-bond donors (Lipinski definition) is 1. The van der Waals surface area contributed by atoms with E-state index in [1.807, 2.05) is 75.6 Å². The first-order chi connectivity index (χ1) is 13.3. The summed E-state index contributed by atoms with van der Waals surface area (Å²) in [5.74, 6) is 0.947. The van der Waals surface area contributed by atoms with Crippen LogP contribution in [0.1, 0.15) is 33.8 Å². The van der Waals surface area contributed by atoms with E-state index in [0.717, 1.165) is 28.1 Å². The predicted octanol–water partition coefficient (Wildman–Crippen LogP) is 4.55. The van der Waals surface area contributed by atoms with Crippen molar-refractivity contribution in [1.29, 1.82) is 5.26 Å². The summed E-state index contributed by atoms with van der Waals surface area (Å²) in [6, 6.07) is 11.4. The highest BCUT2D eigenvalue weighted by atomic mass is 16.5.